The molecule has 0 radical (unpaired) electrons. The maximum atomic E-state index is 12.2. The van der Waals surface area contributed by atoms with Gasteiger partial charge in [0.15, 0.2) is 0 Å². The Morgan fingerprint density at radius 2 is 2.28 bits per heavy atom. The first-order chi connectivity index (χ1) is 8.49. The zero-order valence-electron chi connectivity index (χ0n) is 11.2. The van der Waals surface area contributed by atoms with Gasteiger partial charge in [-0.15, -0.1) is 12.3 Å². The van der Waals surface area contributed by atoms with E-state index < -0.39 is 0 Å². The molecular weight excluding hydrogens is 226 g/mol. The number of carbonyl (C=O) groups is 1. The van der Waals surface area contributed by atoms with Gasteiger partial charge in [0, 0.05) is 24.7 Å². The Balaban J connectivity index is 2.87. The molecule has 0 saturated heterocycles. The van der Waals surface area contributed by atoms with E-state index in [1.54, 1.807) is 12.3 Å². The smallest absolute Gasteiger partial charge is 0.268 e. The van der Waals surface area contributed by atoms with Crippen molar-refractivity contribution in [3.8, 4) is 12.3 Å². The summed E-state index contributed by atoms with van der Waals surface area (Å²) in [5, 5.41) is 2.93. The molecule has 18 heavy (non-hydrogen) atoms. The largest absolute Gasteiger partial charge is 0.397 e. The predicted molar refractivity (Wildman–Crippen MR) is 74.2 cm³/mol. The molecule has 0 fully saturated rings. The van der Waals surface area contributed by atoms with Crippen LogP contribution >= 0.6 is 0 Å². The quantitative estimate of drug-likeness (QED) is 0.783. The Bertz CT molecular complexity index is 454. The molecule has 1 amide bonds. The summed E-state index contributed by atoms with van der Waals surface area (Å²) in [6, 6.07) is 1.90. The highest BCUT2D eigenvalue weighted by Gasteiger charge is 2.17. The summed E-state index contributed by atoms with van der Waals surface area (Å²) in [7, 11) is 0. The number of hydrogen-bond acceptors (Lipinski definition) is 2. The van der Waals surface area contributed by atoms with Crippen LogP contribution in [0.5, 0.6) is 0 Å². The molecule has 0 aliphatic rings. The molecule has 3 N–H and O–H groups in total. The molecule has 0 aliphatic heterocycles. The average molecular weight is 247 g/mol. The number of nitrogens with two attached hydrogens (primary N) is 1. The van der Waals surface area contributed by atoms with Crippen LogP contribution in [0, 0.1) is 12.3 Å². The average Bonchev–Trinajstić information content (AvgIpc) is 2.71. The molecule has 4 heteroatoms. The number of carbonyl (C=O) groups excluding carboxylic acids is 1. The lowest BCUT2D eigenvalue weighted by molar-refractivity contribution is 0.0926. The topological polar surface area (TPSA) is 60.1 Å². The third-order valence-electron chi connectivity index (χ3n) is 2.85. The SMILES string of the molecule is C#CCC(CC)NC(=O)c1cc(N)cn1C(C)C. The van der Waals surface area contributed by atoms with Crippen LogP contribution in [-0.2, 0) is 0 Å². The van der Waals surface area contributed by atoms with Crippen LogP contribution in [0.15, 0.2) is 12.3 Å². The molecule has 0 aliphatic carbocycles. The molecule has 1 aromatic heterocycles. The van der Waals surface area contributed by atoms with E-state index in [-0.39, 0.29) is 18.0 Å². The molecule has 0 saturated carbocycles. The second kappa shape index (κ2) is 6.15. The van der Waals surface area contributed by atoms with Crippen molar-refractivity contribution in [3.63, 3.8) is 0 Å². The fraction of sp³-hybridized carbons (Fsp3) is 0.500. The number of nitrogens with one attached hydrogen (secondary N) is 1. The molecule has 1 heterocycles. The summed E-state index contributed by atoms with van der Waals surface area (Å²) >= 11 is 0. The number of amides is 1. The van der Waals surface area contributed by atoms with Crippen molar-refractivity contribution in [1.82, 2.24) is 9.88 Å². The van der Waals surface area contributed by atoms with Gasteiger partial charge in [-0.1, -0.05) is 6.92 Å². The highest BCUT2D eigenvalue weighted by atomic mass is 16.2. The van der Waals surface area contributed by atoms with Crippen LogP contribution in [0.4, 0.5) is 5.69 Å². The molecule has 0 bridgehead atoms. The summed E-state index contributed by atoms with van der Waals surface area (Å²) in [4.78, 5) is 12.2. The van der Waals surface area contributed by atoms with E-state index in [1.807, 2.05) is 25.3 Å². The maximum absolute atomic E-state index is 12.2. The van der Waals surface area contributed by atoms with Gasteiger partial charge in [-0.3, -0.25) is 4.79 Å². The van der Waals surface area contributed by atoms with E-state index in [9.17, 15) is 4.79 Å². The number of rotatable bonds is 5. The van der Waals surface area contributed by atoms with Gasteiger partial charge in [-0.05, 0) is 26.3 Å². The molecule has 4 nitrogen and oxygen atoms in total. The number of hydrogen-bond donors (Lipinski definition) is 2. The molecular formula is C14H21N3O. The van der Waals surface area contributed by atoms with Gasteiger partial charge in [0.1, 0.15) is 5.69 Å². The Hall–Kier alpha value is -1.89. The molecule has 1 unspecified atom stereocenters. The van der Waals surface area contributed by atoms with Crippen LogP contribution in [-0.4, -0.2) is 16.5 Å². The Morgan fingerprint density at radius 1 is 1.61 bits per heavy atom. The minimum absolute atomic E-state index is 0.0132. The van der Waals surface area contributed by atoms with Gasteiger partial charge >= 0.3 is 0 Å². The van der Waals surface area contributed by atoms with Crippen LogP contribution in [0.3, 0.4) is 0 Å². The van der Waals surface area contributed by atoms with E-state index in [2.05, 4.69) is 11.2 Å². The first-order valence-corrected chi connectivity index (χ1v) is 6.21. The van der Waals surface area contributed by atoms with E-state index in [0.29, 0.717) is 17.8 Å². The molecule has 1 aromatic rings. The summed E-state index contributed by atoms with van der Waals surface area (Å²) in [5.74, 6) is 2.45. The highest BCUT2D eigenvalue weighted by Crippen LogP contribution is 2.16. The molecule has 1 atom stereocenters. The Kier molecular flexibility index (Phi) is 4.85. The van der Waals surface area contributed by atoms with Crippen molar-refractivity contribution in [2.75, 3.05) is 5.73 Å². The minimum Gasteiger partial charge on any atom is -0.397 e. The molecule has 0 spiro atoms. The summed E-state index contributed by atoms with van der Waals surface area (Å²) in [6.45, 7) is 6.02. The third-order valence-corrected chi connectivity index (χ3v) is 2.85. The third kappa shape index (κ3) is 3.30. The second-order valence-corrected chi connectivity index (χ2v) is 4.65. The van der Waals surface area contributed by atoms with Crippen molar-refractivity contribution < 1.29 is 4.79 Å². The monoisotopic (exact) mass is 247 g/mol. The predicted octanol–water partition coefficient (Wildman–Crippen LogP) is 2.18. The lowest BCUT2D eigenvalue weighted by Gasteiger charge is -2.17. The van der Waals surface area contributed by atoms with Gasteiger partial charge in [-0.2, -0.15) is 0 Å². The fourth-order valence-corrected chi connectivity index (χ4v) is 1.81. The van der Waals surface area contributed by atoms with Crippen LogP contribution in [0.1, 0.15) is 50.1 Å². The Labute approximate surface area is 109 Å². The summed E-state index contributed by atoms with van der Waals surface area (Å²) < 4.78 is 1.87. The zero-order chi connectivity index (χ0) is 13.7. The molecule has 0 aromatic carbocycles. The zero-order valence-corrected chi connectivity index (χ0v) is 11.2. The van der Waals surface area contributed by atoms with E-state index in [4.69, 9.17) is 12.2 Å². The van der Waals surface area contributed by atoms with E-state index >= 15 is 0 Å². The molecule has 1 rings (SSSR count). The lowest BCUT2D eigenvalue weighted by atomic mass is 10.1. The van der Waals surface area contributed by atoms with E-state index in [1.165, 1.54) is 0 Å². The summed E-state index contributed by atoms with van der Waals surface area (Å²) in [6.07, 6.45) is 8.41. The van der Waals surface area contributed by atoms with Gasteiger partial charge in [0.05, 0.1) is 5.69 Å². The number of nitrogens with zero attached hydrogens (tertiary/aromatic N) is 1. The number of terminal acetylenes is 1. The van der Waals surface area contributed by atoms with Crippen molar-refractivity contribution in [3.05, 3.63) is 18.0 Å². The van der Waals surface area contributed by atoms with Gasteiger partial charge in [0.25, 0.3) is 5.91 Å². The van der Waals surface area contributed by atoms with Gasteiger partial charge in [0.2, 0.25) is 0 Å². The molecule has 98 valence electrons. The summed E-state index contributed by atoms with van der Waals surface area (Å²) in [5.41, 5.74) is 6.92. The fourth-order valence-electron chi connectivity index (χ4n) is 1.81. The minimum atomic E-state index is -0.123. The first-order valence-electron chi connectivity index (χ1n) is 6.21. The normalized spacial score (nSPS) is 12.2. The number of aromatic nitrogens is 1. The van der Waals surface area contributed by atoms with Crippen molar-refractivity contribution in [1.29, 1.82) is 0 Å². The second-order valence-electron chi connectivity index (χ2n) is 4.65. The lowest BCUT2D eigenvalue weighted by Crippen LogP contribution is -2.35. The standard InChI is InChI=1S/C14H21N3O/c1-5-7-12(6-2)16-14(18)13-8-11(15)9-17(13)10(3)4/h1,8-10,12H,6-7,15H2,2-4H3,(H,16,18). The van der Waals surface area contributed by atoms with Gasteiger partial charge < -0.3 is 15.6 Å². The van der Waals surface area contributed by atoms with Crippen LogP contribution < -0.4 is 11.1 Å². The van der Waals surface area contributed by atoms with Crippen LogP contribution in [0.2, 0.25) is 0 Å². The van der Waals surface area contributed by atoms with Crippen molar-refractivity contribution in [2.24, 2.45) is 0 Å². The van der Waals surface area contributed by atoms with Gasteiger partial charge in [-0.25, -0.2) is 0 Å². The van der Waals surface area contributed by atoms with Crippen molar-refractivity contribution in [2.45, 2.75) is 45.7 Å². The highest BCUT2D eigenvalue weighted by molar-refractivity contribution is 5.94. The van der Waals surface area contributed by atoms with Crippen LogP contribution in [0.25, 0.3) is 0 Å². The maximum Gasteiger partial charge on any atom is 0.268 e. The Morgan fingerprint density at radius 3 is 2.78 bits per heavy atom. The first kappa shape index (κ1) is 14.2. The van der Waals surface area contributed by atoms with E-state index in [0.717, 1.165) is 6.42 Å². The number of anilines is 1. The van der Waals surface area contributed by atoms with Crippen molar-refractivity contribution >= 4 is 11.6 Å². The number of nitrogen functional groups attached to an aromatic ring is 1.